The third-order valence-corrected chi connectivity index (χ3v) is 4.51. The molecule has 0 atom stereocenters. The summed E-state index contributed by atoms with van der Waals surface area (Å²) in [4.78, 5) is 2.50. The second kappa shape index (κ2) is 4.73. The molecule has 1 nitrogen and oxygen atoms in total. The fourth-order valence-corrected chi connectivity index (χ4v) is 3.58. The molecule has 2 aromatic carbocycles. The maximum absolute atomic E-state index is 4.36. The number of hydrogen-bond acceptors (Lipinski definition) is 2. The van der Waals surface area contributed by atoms with Crippen LogP contribution in [0, 0.1) is 0 Å². The Bertz CT molecular complexity index is 548. The van der Waals surface area contributed by atoms with E-state index in [0.717, 1.165) is 0 Å². The molecule has 3 heteroatoms. The summed E-state index contributed by atoms with van der Waals surface area (Å²) in [7, 11) is 0. The van der Waals surface area contributed by atoms with Crippen molar-refractivity contribution in [3.8, 4) is 20.9 Å². The summed E-state index contributed by atoms with van der Waals surface area (Å²) >= 11 is 3.13. The Labute approximate surface area is 108 Å². The lowest BCUT2D eigenvalue weighted by Crippen LogP contribution is -1.76. The van der Waals surface area contributed by atoms with Gasteiger partial charge in [-0.2, -0.15) is 0 Å². The van der Waals surface area contributed by atoms with Crippen molar-refractivity contribution in [2.75, 3.05) is 0 Å². The SMILES string of the molecule is c1ccc(-c2sn[s+]c2-c2ccccc2)cc1. The van der Waals surface area contributed by atoms with Crippen LogP contribution in [0.1, 0.15) is 0 Å². The summed E-state index contributed by atoms with van der Waals surface area (Å²) in [6.07, 6.45) is 0. The highest BCUT2D eigenvalue weighted by atomic mass is 32.2. The molecule has 0 amide bonds. The van der Waals surface area contributed by atoms with Gasteiger partial charge < -0.3 is 0 Å². The molecule has 0 aliphatic heterocycles. The van der Waals surface area contributed by atoms with Gasteiger partial charge in [-0.3, -0.25) is 0 Å². The van der Waals surface area contributed by atoms with Crippen molar-refractivity contribution in [3.63, 3.8) is 0 Å². The van der Waals surface area contributed by atoms with Crippen molar-refractivity contribution in [2.24, 2.45) is 0 Å². The highest BCUT2D eigenvalue weighted by molar-refractivity contribution is 7.26. The van der Waals surface area contributed by atoms with E-state index in [0.29, 0.717) is 0 Å². The van der Waals surface area contributed by atoms with Crippen LogP contribution in [0.3, 0.4) is 0 Å². The first-order valence-corrected chi connectivity index (χ1v) is 6.89. The fourth-order valence-electron chi connectivity index (χ4n) is 1.72. The van der Waals surface area contributed by atoms with E-state index in [4.69, 9.17) is 0 Å². The van der Waals surface area contributed by atoms with Crippen molar-refractivity contribution in [1.29, 1.82) is 0 Å². The second-order valence-corrected chi connectivity index (χ2v) is 5.43. The Hall–Kier alpha value is -1.58. The molecule has 0 aliphatic rings. The summed E-state index contributed by atoms with van der Waals surface area (Å²) in [5.74, 6) is 0. The van der Waals surface area contributed by atoms with E-state index >= 15 is 0 Å². The highest BCUT2D eigenvalue weighted by Crippen LogP contribution is 2.37. The Kier molecular flexibility index (Phi) is 2.94. The highest BCUT2D eigenvalue weighted by Gasteiger charge is 2.21. The Morgan fingerprint density at radius 2 is 1.35 bits per heavy atom. The lowest BCUT2D eigenvalue weighted by Gasteiger charge is -1.95. The maximum Gasteiger partial charge on any atom is 0.210 e. The van der Waals surface area contributed by atoms with Crippen LogP contribution >= 0.6 is 23.1 Å². The Balaban J connectivity index is 2.13. The second-order valence-electron chi connectivity index (χ2n) is 3.65. The number of rotatable bonds is 2. The molecule has 3 aromatic rings. The van der Waals surface area contributed by atoms with Crippen molar-refractivity contribution in [1.82, 2.24) is 3.76 Å². The molecule has 0 aliphatic carbocycles. The molecule has 82 valence electrons. The minimum Gasteiger partial charge on any atom is -0.0622 e. The smallest absolute Gasteiger partial charge is 0.0622 e. The first-order valence-electron chi connectivity index (χ1n) is 5.34. The number of aromatic nitrogens is 1. The van der Waals surface area contributed by atoms with E-state index in [1.807, 2.05) is 12.1 Å². The molecule has 0 unspecified atom stereocenters. The molecule has 0 fully saturated rings. The third kappa shape index (κ3) is 2.12. The summed E-state index contributed by atoms with van der Waals surface area (Å²) in [5.41, 5.74) is 2.48. The molecule has 0 N–H and O–H groups in total. The minimum absolute atomic E-state index is 1.24. The van der Waals surface area contributed by atoms with E-state index in [9.17, 15) is 0 Å². The van der Waals surface area contributed by atoms with E-state index in [1.54, 1.807) is 23.1 Å². The van der Waals surface area contributed by atoms with Gasteiger partial charge in [-0.05, 0) is 0 Å². The molecular weight excluding hydrogens is 246 g/mol. The van der Waals surface area contributed by atoms with Gasteiger partial charge >= 0.3 is 0 Å². The standard InChI is InChI=1S/C14H10NS2/c1-3-7-11(8-4-1)13-14(17-15-16-13)12-9-5-2-6-10-12/h1-10H/q+1. The lowest BCUT2D eigenvalue weighted by molar-refractivity contribution is 1.67. The molecule has 0 radical (unpaired) electrons. The van der Waals surface area contributed by atoms with Crippen LogP contribution in [-0.4, -0.2) is 3.76 Å². The van der Waals surface area contributed by atoms with Gasteiger partial charge in [0, 0.05) is 11.1 Å². The largest absolute Gasteiger partial charge is 0.210 e. The van der Waals surface area contributed by atoms with E-state index in [-0.39, 0.29) is 0 Å². The molecule has 0 bridgehead atoms. The van der Waals surface area contributed by atoms with Gasteiger partial charge in [-0.15, -0.1) is 0 Å². The van der Waals surface area contributed by atoms with Gasteiger partial charge in [0.2, 0.25) is 32.8 Å². The first-order chi connectivity index (χ1) is 8.45. The first kappa shape index (κ1) is 10.6. The molecule has 0 saturated heterocycles. The summed E-state index contributed by atoms with van der Waals surface area (Å²) < 4.78 is 4.36. The summed E-state index contributed by atoms with van der Waals surface area (Å²) in [6, 6.07) is 20.9. The van der Waals surface area contributed by atoms with Crippen molar-refractivity contribution >= 4 is 23.1 Å². The predicted molar refractivity (Wildman–Crippen MR) is 75.3 cm³/mol. The normalized spacial score (nSPS) is 10.4. The molecule has 0 saturated carbocycles. The van der Waals surface area contributed by atoms with Crippen LogP contribution in [0.4, 0.5) is 0 Å². The van der Waals surface area contributed by atoms with Gasteiger partial charge in [0.1, 0.15) is 0 Å². The lowest BCUT2D eigenvalue weighted by atomic mass is 10.1. The van der Waals surface area contributed by atoms with Gasteiger partial charge in [-0.1, -0.05) is 60.7 Å². The maximum atomic E-state index is 4.36. The van der Waals surface area contributed by atoms with Crippen LogP contribution in [0.2, 0.25) is 0 Å². The zero-order chi connectivity index (χ0) is 11.5. The zero-order valence-corrected chi connectivity index (χ0v) is 10.7. The van der Waals surface area contributed by atoms with Crippen molar-refractivity contribution in [2.45, 2.75) is 0 Å². The molecular formula is C14H10NS2+. The van der Waals surface area contributed by atoms with Gasteiger partial charge in [-0.25, -0.2) is 0 Å². The van der Waals surface area contributed by atoms with Gasteiger partial charge in [0.05, 0.1) is 3.76 Å². The quantitative estimate of drug-likeness (QED) is 0.599. The van der Waals surface area contributed by atoms with E-state index in [2.05, 4.69) is 52.3 Å². The predicted octanol–water partition coefficient (Wildman–Crippen LogP) is 4.82. The number of hydrogen-bond donors (Lipinski definition) is 0. The monoisotopic (exact) mass is 256 g/mol. The van der Waals surface area contributed by atoms with E-state index < -0.39 is 0 Å². The number of benzene rings is 2. The average molecular weight is 256 g/mol. The number of nitrogens with zero attached hydrogens (tertiary/aromatic N) is 1. The average Bonchev–Trinajstić information content (AvgIpc) is 2.90. The molecule has 17 heavy (non-hydrogen) atoms. The topological polar surface area (TPSA) is 12.9 Å². The molecule has 1 heterocycles. The van der Waals surface area contributed by atoms with Crippen molar-refractivity contribution in [3.05, 3.63) is 60.7 Å². The van der Waals surface area contributed by atoms with Gasteiger partial charge in [0.25, 0.3) is 0 Å². The Morgan fingerprint density at radius 1 is 0.765 bits per heavy atom. The van der Waals surface area contributed by atoms with Crippen LogP contribution in [0.25, 0.3) is 20.9 Å². The minimum atomic E-state index is 1.24. The molecule has 1 aromatic heterocycles. The van der Waals surface area contributed by atoms with Crippen LogP contribution in [-0.2, 0) is 0 Å². The zero-order valence-electron chi connectivity index (χ0n) is 9.04. The fraction of sp³-hybridized carbons (Fsp3) is 0. The third-order valence-electron chi connectivity index (χ3n) is 2.54. The van der Waals surface area contributed by atoms with Gasteiger partial charge in [0.15, 0.2) is 0 Å². The van der Waals surface area contributed by atoms with Crippen LogP contribution < -0.4 is 0 Å². The summed E-state index contributed by atoms with van der Waals surface area (Å²) in [5, 5.41) is 0. The molecule has 0 spiro atoms. The Morgan fingerprint density at radius 3 is 2.00 bits per heavy atom. The van der Waals surface area contributed by atoms with Crippen molar-refractivity contribution < 1.29 is 0 Å². The summed E-state index contributed by atoms with van der Waals surface area (Å²) in [6.45, 7) is 0. The molecule has 3 rings (SSSR count). The van der Waals surface area contributed by atoms with Crippen LogP contribution in [0.15, 0.2) is 60.7 Å². The van der Waals surface area contributed by atoms with Crippen LogP contribution in [0.5, 0.6) is 0 Å². The van der Waals surface area contributed by atoms with E-state index in [1.165, 1.54) is 20.9 Å².